The van der Waals surface area contributed by atoms with E-state index in [0.717, 1.165) is 0 Å². The van der Waals surface area contributed by atoms with Gasteiger partial charge in [0.05, 0.1) is 6.61 Å². The second kappa shape index (κ2) is 5.90. The third-order valence-corrected chi connectivity index (χ3v) is 1.62. The zero-order valence-electron chi connectivity index (χ0n) is 7.36. The molecule has 0 aliphatic heterocycles. The molecule has 0 heterocycles. The summed E-state index contributed by atoms with van der Waals surface area (Å²) in [6.45, 7) is 2.53. The standard InChI is InChI=1S/C8H10ClF3O2/c1-6(8(10,11)12)7(13)14-5-3-2-4-9/h1-5H2. The Kier molecular flexibility index (Phi) is 5.60. The van der Waals surface area contributed by atoms with E-state index in [1.54, 1.807) is 0 Å². The van der Waals surface area contributed by atoms with Gasteiger partial charge in [-0.25, -0.2) is 4.79 Å². The van der Waals surface area contributed by atoms with Gasteiger partial charge in [-0.05, 0) is 12.8 Å². The van der Waals surface area contributed by atoms with Crippen LogP contribution in [0.3, 0.4) is 0 Å². The van der Waals surface area contributed by atoms with Gasteiger partial charge in [0.25, 0.3) is 0 Å². The smallest absolute Gasteiger partial charge is 0.422 e. The van der Waals surface area contributed by atoms with E-state index < -0.39 is 17.7 Å². The maximum Gasteiger partial charge on any atom is 0.422 e. The summed E-state index contributed by atoms with van der Waals surface area (Å²) in [6, 6.07) is 0. The van der Waals surface area contributed by atoms with E-state index in [2.05, 4.69) is 11.3 Å². The number of ether oxygens (including phenoxy) is 1. The number of hydrogen-bond acceptors (Lipinski definition) is 2. The summed E-state index contributed by atoms with van der Waals surface area (Å²) >= 11 is 5.31. The molecule has 0 aromatic rings. The van der Waals surface area contributed by atoms with Crippen LogP contribution in [0.15, 0.2) is 12.2 Å². The number of carbonyl (C=O) groups excluding carboxylic acids is 1. The molecule has 0 spiro atoms. The van der Waals surface area contributed by atoms with Gasteiger partial charge in [-0.15, -0.1) is 11.6 Å². The van der Waals surface area contributed by atoms with Crippen molar-refractivity contribution in [1.29, 1.82) is 0 Å². The van der Waals surface area contributed by atoms with Crippen LogP contribution in [0.5, 0.6) is 0 Å². The van der Waals surface area contributed by atoms with E-state index in [1.807, 2.05) is 0 Å². The highest BCUT2D eigenvalue weighted by Crippen LogP contribution is 2.24. The molecule has 0 amide bonds. The SMILES string of the molecule is C=C(C(=O)OCCCCCl)C(F)(F)F. The Morgan fingerprint density at radius 3 is 2.36 bits per heavy atom. The Hall–Kier alpha value is -0.710. The highest BCUT2D eigenvalue weighted by Gasteiger charge is 2.37. The van der Waals surface area contributed by atoms with Crippen LogP contribution in [-0.4, -0.2) is 24.6 Å². The fourth-order valence-corrected chi connectivity index (χ4v) is 0.753. The highest BCUT2D eigenvalue weighted by atomic mass is 35.5. The maximum atomic E-state index is 11.9. The van der Waals surface area contributed by atoms with Crippen LogP contribution in [0.4, 0.5) is 13.2 Å². The van der Waals surface area contributed by atoms with Crippen LogP contribution in [0.1, 0.15) is 12.8 Å². The minimum absolute atomic E-state index is 0.0688. The molecule has 0 unspecified atom stereocenters. The Morgan fingerprint density at radius 2 is 1.93 bits per heavy atom. The predicted molar refractivity (Wildman–Crippen MR) is 46.1 cm³/mol. The van der Waals surface area contributed by atoms with Crippen molar-refractivity contribution < 1.29 is 22.7 Å². The van der Waals surface area contributed by atoms with Crippen molar-refractivity contribution in [3.63, 3.8) is 0 Å². The molecule has 0 bridgehead atoms. The van der Waals surface area contributed by atoms with E-state index in [0.29, 0.717) is 18.7 Å². The molecule has 0 atom stereocenters. The third kappa shape index (κ3) is 5.11. The molecule has 6 heteroatoms. The first-order valence-electron chi connectivity index (χ1n) is 3.88. The molecule has 0 aromatic heterocycles. The lowest BCUT2D eigenvalue weighted by Crippen LogP contribution is -2.21. The van der Waals surface area contributed by atoms with Gasteiger partial charge in [-0.2, -0.15) is 13.2 Å². The van der Waals surface area contributed by atoms with Crippen molar-refractivity contribution in [1.82, 2.24) is 0 Å². The average Bonchev–Trinajstić information content (AvgIpc) is 2.09. The first-order valence-corrected chi connectivity index (χ1v) is 4.42. The van der Waals surface area contributed by atoms with E-state index in [-0.39, 0.29) is 6.61 Å². The van der Waals surface area contributed by atoms with E-state index in [4.69, 9.17) is 11.6 Å². The van der Waals surface area contributed by atoms with Crippen LogP contribution < -0.4 is 0 Å². The van der Waals surface area contributed by atoms with E-state index >= 15 is 0 Å². The molecule has 0 N–H and O–H groups in total. The predicted octanol–water partition coefficient (Wildman–Crippen LogP) is 2.67. The summed E-state index contributed by atoms with van der Waals surface area (Å²) in [5, 5.41) is 0. The number of alkyl halides is 4. The summed E-state index contributed by atoms with van der Waals surface area (Å²) < 4.78 is 39.9. The lowest BCUT2D eigenvalue weighted by molar-refractivity contribution is -0.150. The topological polar surface area (TPSA) is 26.3 Å². The maximum absolute atomic E-state index is 11.9. The van der Waals surface area contributed by atoms with Crippen LogP contribution >= 0.6 is 11.6 Å². The molecule has 0 rings (SSSR count). The lowest BCUT2D eigenvalue weighted by Gasteiger charge is -2.09. The summed E-state index contributed by atoms with van der Waals surface area (Å²) in [5.74, 6) is -1.04. The summed E-state index contributed by atoms with van der Waals surface area (Å²) in [6.07, 6.45) is -3.68. The fourth-order valence-electron chi connectivity index (χ4n) is 0.564. The van der Waals surface area contributed by atoms with Crippen LogP contribution in [-0.2, 0) is 9.53 Å². The van der Waals surface area contributed by atoms with Crippen LogP contribution in [0.25, 0.3) is 0 Å². The van der Waals surface area contributed by atoms with E-state index in [1.165, 1.54) is 0 Å². The summed E-state index contributed by atoms with van der Waals surface area (Å²) in [4.78, 5) is 10.7. The molecular formula is C8H10ClF3O2. The number of unbranched alkanes of at least 4 members (excludes halogenated alkanes) is 1. The molecule has 0 aromatic carbocycles. The van der Waals surface area contributed by atoms with Crippen LogP contribution in [0, 0.1) is 0 Å². The zero-order valence-corrected chi connectivity index (χ0v) is 8.12. The fraction of sp³-hybridized carbons (Fsp3) is 0.625. The number of carbonyl (C=O) groups is 1. The Labute approximate surface area is 84.7 Å². The van der Waals surface area contributed by atoms with Gasteiger partial charge in [-0.3, -0.25) is 0 Å². The minimum atomic E-state index is -4.72. The summed E-state index contributed by atoms with van der Waals surface area (Å²) in [5.41, 5.74) is -1.48. The van der Waals surface area contributed by atoms with Crippen LogP contribution in [0.2, 0.25) is 0 Å². The monoisotopic (exact) mass is 230 g/mol. The van der Waals surface area contributed by atoms with E-state index in [9.17, 15) is 18.0 Å². The Bertz CT molecular complexity index is 213. The van der Waals surface area contributed by atoms with Gasteiger partial charge in [-0.1, -0.05) is 6.58 Å². The molecule has 0 fully saturated rings. The first kappa shape index (κ1) is 13.3. The molecule has 2 nitrogen and oxygen atoms in total. The highest BCUT2D eigenvalue weighted by molar-refractivity contribution is 6.17. The average molecular weight is 231 g/mol. The third-order valence-electron chi connectivity index (χ3n) is 1.35. The number of halogens is 4. The van der Waals surface area contributed by atoms with Gasteiger partial charge in [0, 0.05) is 5.88 Å². The summed E-state index contributed by atoms with van der Waals surface area (Å²) in [7, 11) is 0. The molecular weight excluding hydrogens is 221 g/mol. The van der Waals surface area contributed by atoms with Gasteiger partial charge in [0.1, 0.15) is 5.57 Å². The van der Waals surface area contributed by atoms with Crippen molar-refractivity contribution in [3.8, 4) is 0 Å². The van der Waals surface area contributed by atoms with Crippen molar-refractivity contribution in [3.05, 3.63) is 12.2 Å². The zero-order chi connectivity index (χ0) is 11.2. The molecule has 14 heavy (non-hydrogen) atoms. The van der Waals surface area contributed by atoms with Crippen molar-refractivity contribution in [2.75, 3.05) is 12.5 Å². The molecule has 0 radical (unpaired) electrons. The number of hydrogen-bond donors (Lipinski definition) is 0. The number of rotatable bonds is 5. The first-order chi connectivity index (χ1) is 6.39. The minimum Gasteiger partial charge on any atom is -0.462 e. The largest absolute Gasteiger partial charge is 0.462 e. The van der Waals surface area contributed by atoms with Gasteiger partial charge in [0.2, 0.25) is 0 Å². The Morgan fingerprint density at radius 1 is 1.36 bits per heavy atom. The van der Waals surface area contributed by atoms with Gasteiger partial charge >= 0.3 is 12.1 Å². The quantitative estimate of drug-likeness (QED) is 0.314. The Balaban J connectivity index is 3.81. The van der Waals surface area contributed by atoms with Crippen molar-refractivity contribution >= 4 is 17.6 Å². The molecule has 82 valence electrons. The lowest BCUT2D eigenvalue weighted by atomic mass is 10.3. The normalized spacial score (nSPS) is 11.1. The number of esters is 1. The molecule has 0 aliphatic rings. The molecule has 0 aliphatic carbocycles. The molecule has 0 saturated carbocycles. The second-order valence-corrected chi connectivity index (χ2v) is 2.89. The second-order valence-electron chi connectivity index (χ2n) is 2.51. The molecule has 0 saturated heterocycles. The van der Waals surface area contributed by atoms with Crippen molar-refractivity contribution in [2.24, 2.45) is 0 Å². The van der Waals surface area contributed by atoms with Crippen molar-refractivity contribution in [2.45, 2.75) is 19.0 Å². The van der Waals surface area contributed by atoms with Gasteiger partial charge < -0.3 is 4.74 Å². The van der Waals surface area contributed by atoms with Gasteiger partial charge in [0.15, 0.2) is 0 Å².